The van der Waals surface area contributed by atoms with Crippen LogP contribution in [0.5, 0.6) is 0 Å². The number of hydrogen-bond acceptors (Lipinski definition) is 3. The van der Waals surface area contributed by atoms with Crippen molar-refractivity contribution in [2.24, 2.45) is 0 Å². The minimum Gasteiger partial charge on any atom is -0.335 e. The van der Waals surface area contributed by atoms with Crippen molar-refractivity contribution < 1.29 is 4.39 Å². The van der Waals surface area contributed by atoms with Crippen LogP contribution in [0.3, 0.4) is 0 Å². The average molecular weight is 317 g/mol. The maximum absolute atomic E-state index is 14.1. The number of H-pyrrole nitrogens is 2. The molecule has 4 rings (SSSR count). The van der Waals surface area contributed by atoms with Gasteiger partial charge in [0, 0.05) is 18.7 Å². The molecule has 2 aliphatic rings. The number of benzene rings is 1. The standard InChI is InChI=1S/C16H16FN3OS/c1-20-8-10-13(18-15(22)19-14(10)21)7-16(20)6-5-9-11(16)3-2-4-12(9)17/h2-4H,5-8H2,1H3,(H2,18,19,21,22). The Balaban J connectivity index is 1.91. The van der Waals surface area contributed by atoms with Crippen LogP contribution >= 0.6 is 12.2 Å². The van der Waals surface area contributed by atoms with Gasteiger partial charge in [0.25, 0.3) is 5.56 Å². The highest BCUT2D eigenvalue weighted by Gasteiger charge is 2.46. The van der Waals surface area contributed by atoms with E-state index >= 15 is 0 Å². The number of halogens is 1. The Kier molecular flexibility index (Phi) is 2.90. The number of aromatic nitrogens is 2. The Labute approximate surface area is 132 Å². The largest absolute Gasteiger partial charge is 0.335 e. The molecule has 1 unspecified atom stereocenters. The van der Waals surface area contributed by atoms with E-state index in [-0.39, 0.29) is 16.9 Å². The molecule has 0 bridgehead atoms. The van der Waals surface area contributed by atoms with Gasteiger partial charge in [-0.3, -0.25) is 14.7 Å². The van der Waals surface area contributed by atoms with Gasteiger partial charge in [-0.15, -0.1) is 0 Å². The SMILES string of the molecule is CN1Cc2c([nH]c(=S)[nH]c2=O)CC12CCc1c(F)cccc12. The first kappa shape index (κ1) is 13.8. The highest BCUT2D eigenvalue weighted by atomic mass is 32.1. The van der Waals surface area contributed by atoms with Crippen molar-refractivity contribution in [3.8, 4) is 0 Å². The molecule has 1 aromatic carbocycles. The zero-order valence-electron chi connectivity index (χ0n) is 12.2. The first-order valence-electron chi connectivity index (χ1n) is 7.35. The second kappa shape index (κ2) is 4.60. The lowest BCUT2D eigenvalue weighted by Crippen LogP contribution is -2.48. The molecule has 1 aromatic heterocycles. The van der Waals surface area contributed by atoms with Crippen LogP contribution in [-0.2, 0) is 24.9 Å². The fourth-order valence-corrected chi connectivity index (χ4v) is 4.20. The lowest BCUT2D eigenvalue weighted by atomic mass is 9.81. The molecule has 6 heteroatoms. The molecule has 4 nitrogen and oxygen atoms in total. The Morgan fingerprint density at radius 2 is 2.14 bits per heavy atom. The zero-order valence-corrected chi connectivity index (χ0v) is 13.0. The van der Waals surface area contributed by atoms with Crippen molar-refractivity contribution in [1.29, 1.82) is 0 Å². The quantitative estimate of drug-likeness (QED) is 0.734. The van der Waals surface area contributed by atoms with E-state index in [0.29, 0.717) is 17.7 Å². The molecule has 0 saturated carbocycles. The fraction of sp³-hybridized carbons (Fsp3) is 0.375. The van der Waals surface area contributed by atoms with Crippen LogP contribution in [0.25, 0.3) is 0 Å². The van der Waals surface area contributed by atoms with Crippen molar-refractivity contribution in [2.75, 3.05) is 7.05 Å². The molecule has 22 heavy (non-hydrogen) atoms. The summed E-state index contributed by atoms with van der Waals surface area (Å²) in [5.41, 5.74) is 3.08. The van der Waals surface area contributed by atoms with Crippen LogP contribution in [-0.4, -0.2) is 21.9 Å². The molecule has 2 aromatic rings. The van der Waals surface area contributed by atoms with E-state index in [1.54, 1.807) is 6.07 Å². The number of fused-ring (bicyclic) bond motifs is 3. The van der Waals surface area contributed by atoms with Gasteiger partial charge < -0.3 is 4.98 Å². The molecule has 114 valence electrons. The van der Waals surface area contributed by atoms with E-state index < -0.39 is 0 Å². The molecule has 2 heterocycles. The molecule has 0 fully saturated rings. The van der Waals surface area contributed by atoms with Gasteiger partial charge in [-0.25, -0.2) is 4.39 Å². The first-order valence-corrected chi connectivity index (χ1v) is 7.75. The highest BCUT2D eigenvalue weighted by molar-refractivity contribution is 7.71. The predicted molar refractivity (Wildman–Crippen MR) is 83.8 cm³/mol. The van der Waals surface area contributed by atoms with E-state index in [1.165, 1.54) is 6.07 Å². The van der Waals surface area contributed by atoms with Gasteiger partial charge in [0.1, 0.15) is 5.82 Å². The van der Waals surface area contributed by atoms with Crippen LogP contribution in [0.1, 0.15) is 28.8 Å². The molecule has 0 amide bonds. The molecule has 0 radical (unpaired) electrons. The van der Waals surface area contributed by atoms with Gasteiger partial charge in [-0.2, -0.15) is 0 Å². The predicted octanol–water partition coefficient (Wildman–Crippen LogP) is 2.40. The number of aromatic amines is 2. The lowest BCUT2D eigenvalue weighted by Gasteiger charge is -2.43. The number of rotatable bonds is 0. The number of hydrogen-bond donors (Lipinski definition) is 2. The summed E-state index contributed by atoms with van der Waals surface area (Å²) in [7, 11) is 2.00. The van der Waals surface area contributed by atoms with Crippen molar-refractivity contribution in [3.63, 3.8) is 0 Å². The topological polar surface area (TPSA) is 51.9 Å². The van der Waals surface area contributed by atoms with Gasteiger partial charge >= 0.3 is 0 Å². The van der Waals surface area contributed by atoms with E-state index in [9.17, 15) is 9.18 Å². The molecule has 1 aliphatic heterocycles. The molecule has 1 spiro atoms. The van der Waals surface area contributed by atoms with Crippen LogP contribution in [0, 0.1) is 10.6 Å². The second-order valence-corrected chi connectivity index (χ2v) is 6.60. The summed E-state index contributed by atoms with van der Waals surface area (Å²) in [6.45, 7) is 0.534. The Morgan fingerprint density at radius 1 is 1.32 bits per heavy atom. The summed E-state index contributed by atoms with van der Waals surface area (Å²) in [6, 6.07) is 5.30. The average Bonchev–Trinajstić information content (AvgIpc) is 2.83. The summed E-state index contributed by atoms with van der Waals surface area (Å²) < 4.78 is 14.4. The lowest BCUT2D eigenvalue weighted by molar-refractivity contribution is 0.0922. The second-order valence-electron chi connectivity index (χ2n) is 6.20. The molecule has 2 N–H and O–H groups in total. The summed E-state index contributed by atoms with van der Waals surface area (Å²) >= 11 is 5.09. The number of nitrogens with one attached hydrogen (secondary N) is 2. The normalized spacial score (nSPS) is 23.5. The maximum atomic E-state index is 14.1. The fourth-order valence-electron chi connectivity index (χ4n) is 3.99. The van der Waals surface area contributed by atoms with Gasteiger partial charge in [0.2, 0.25) is 0 Å². The van der Waals surface area contributed by atoms with Crippen molar-refractivity contribution in [3.05, 3.63) is 61.5 Å². The summed E-state index contributed by atoms with van der Waals surface area (Å²) in [5.74, 6) is -0.132. The summed E-state index contributed by atoms with van der Waals surface area (Å²) in [6.07, 6.45) is 2.24. The molecular weight excluding hydrogens is 301 g/mol. The molecule has 0 saturated heterocycles. The molecular formula is C16H16FN3OS. The van der Waals surface area contributed by atoms with Crippen molar-refractivity contribution >= 4 is 12.2 Å². The third-order valence-corrected chi connectivity index (χ3v) is 5.34. The molecule has 1 aliphatic carbocycles. The van der Waals surface area contributed by atoms with Gasteiger partial charge in [-0.05, 0) is 49.3 Å². The minimum atomic E-state index is -0.253. The third-order valence-electron chi connectivity index (χ3n) is 5.13. The van der Waals surface area contributed by atoms with E-state index in [1.807, 2.05) is 13.1 Å². The highest BCUT2D eigenvalue weighted by Crippen LogP contribution is 2.46. The van der Waals surface area contributed by atoms with Crippen LogP contribution < -0.4 is 5.56 Å². The Morgan fingerprint density at radius 3 is 2.95 bits per heavy atom. The van der Waals surface area contributed by atoms with E-state index in [2.05, 4.69) is 14.9 Å². The Bertz CT molecular complexity index is 888. The summed E-state index contributed by atoms with van der Waals surface area (Å²) in [4.78, 5) is 20.0. The van der Waals surface area contributed by atoms with Gasteiger partial charge in [0.15, 0.2) is 4.77 Å². The van der Waals surface area contributed by atoms with E-state index in [4.69, 9.17) is 12.2 Å². The zero-order chi connectivity index (χ0) is 15.5. The van der Waals surface area contributed by atoms with Crippen LogP contribution in [0.15, 0.2) is 23.0 Å². The monoisotopic (exact) mass is 317 g/mol. The van der Waals surface area contributed by atoms with Crippen molar-refractivity contribution in [2.45, 2.75) is 31.3 Å². The number of nitrogens with zero attached hydrogens (tertiary/aromatic N) is 1. The molecule has 1 atom stereocenters. The Hall–Kier alpha value is -1.79. The van der Waals surface area contributed by atoms with Crippen LogP contribution in [0.2, 0.25) is 0 Å². The summed E-state index contributed by atoms with van der Waals surface area (Å²) in [5, 5.41) is 0. The van der Waals surface area contributed by atoms with Crippen LogP contribution in [0.4, 0.5) is 4.39 Å². The van der Waals surface area contributed by atoms with Gasteiger partial charge in [-0.1, -0.05) is 12.1 Å². The maximum Gasteiger partial charge on any atom is 0.256 e. The first-order chi connectivity index (χ1) is 10.5. The van der Waals surface area contributed by atoms with Gasteiger partial charge in [0.05, 0.1) is 11.1 Å². The number of likely N-dealkylation sites (N-methyl/N-ethyl adjacent to an activating group) is 1. The minimum absolute atomic E-state index is 0.127. The smallest absolute Gasteiger partial charge is 0.256 e. The van der Waals surface area contributed by atoms with E-state index in [0.717, 1.165) is 35.2 Å². The van der Waals surface area contributed by atoms with Crippen molar-refractivity contribution in [1.82, 2.24) is 14.9 Å². The third kappa shape index (κ3) is 1.77.